The van der Waals surface area contributed by atoms with Crippen molar-refractivity contribution in [1.82, 2.24) is 0 Å². The zero-order chi connectivity index (χ0) is 12.0. The molecule has 0 aliphatic carbocycles. The van der Waals surface area contributed by atoms with Gasteiger partial charge in [0.25, 0.3) is 0 Å². The van der Waals surface area contributed by atoms with Gasteiger partial charge in [0.1, 0.15) is 12.4 Å². The summed E-state index contributed by atoms with van der Waals surface area (Å²) in [4.78, 5) is 11.6. The summed E-state index contributed by atoms with van der Waals surface area (Å²) in [7, 11) is 1.54. The zero-order valence-corrected chi connectivity index (χ0v) is 10.4. The average Bonchev–Trinajstić information content (AvgIpc) is 2.28. The molecule has 1 aromatic carbocycles. The molecule has 0 N–H and O–H groups in total. The van der Waals surface area contributed by atoms with Crippen LogP contribution in [0.5, 0.6) is 0 Å². The average molecular weight is 291 g/mol. The van der Waals surface area contributed by atoms with Gasteiger partial charge >= 0.3 is 0 Å². The maximum atomic E-state index is 13.5. The van der Waals surface area contributed by atoms with Gasteiger partial charge in [0.05, 0.1) is 23.2 Å². The number of hydrogen-bond acceptors (Lipinski definition) is 3. The van der Waals surface area contributed by atoms with Crippen LogP contribution in [0.15, 0.2) is 22.7 Å². The molecular weight excluding hydrogens is 279 g/mol. The van der Waals surface area contributed by atoms with E-state index < -0.39 is 5.82 Å². The highest BCUT2D eigenvalue weighted by atomic mass is 79.9. The lowest BCUT2D eigenvalue weighted by Gasteiger charge is -2.05. The molecule has 0 aromatic heterocycles. The number of rotatable bonds is 6. The summed E-state index contributed by atoms with van der Waals surface area (Å²) in [6, 6.07) is 4.58. The third kappa shape index (κ3) is 3.66. The van der Waals surface area contributed by atoms with Gasteiger partial charge in [0.2, 0.25) is 0 Å². The van der Waals surface area contributed by atoms with Gasteiger partial charge in [0, 0.05) is 7.11 Å². The second-order valence-corrected chi connectivity index (χ2v) is 3.92. The molecule has 0 atom stereocenters. The van der Waals surface area contributed by atoms with Crippen LogP contribution in [-0.2, 0) is 9.47 Å². The van der Waals surface area contributed by atoms with E-state index in [1.54, 1.807) is 13.2 Å². The van der Waals surface area contributed by atoms with Crippen molar-refractivity contribution >= 4 is 21.7 Å². The van der Waals surface area contributed by atoms with Gasteiger partial charge in [-0.1, -0.05) is 6.07 Å². The standard InChI is InChI=1S/C11H12BrFO3/c1-15-5-6-16-7-10(14)8-3-2-4-9(12)11(8)13/h2-4H,5-7H2,1H3. The van der Waals surface area contributed by atoms with Crippen LogP contribution in [0.3, 0.4) is 0 Å². The fourth-order valence-corrected chi connectivity index (χ4v) is 1.47. The van der Waals surface area contributed by atoms with Crippen LogP contribution in [0.1, 0.15) is 10.4 Å². The SMILES string of the molecule is COCCOCC(=O)c1cccc(Br)c1F. The largest absolute Gasteiger partial charge is 0.382 e. The molecule has 5 heteroatoms. The van der Waals surface area contributed by atoms with E-state index in [9.17, 15) is 9.18 Å². The van der Waals surface area contributed by atoms with E-state index in [0.717, 1.165) is 0 Å². The maximum absolute atomic E-state index is 13.5. The molecule has 0 aliphatic rings. The first kappa shape index (κ1) is 13.3. The second kappa shape index (κ2) is 6.73. The summed E-state index contributed by atoms with van der Waals surface area (Å²) in [6.07, 6.45) is 0. The summed E-state index contributed by atoms with van der Waals surface area (Å²) in [5, 5.41) is 0. The number of ketones is 1. The Balaban J connectivity index is 2.56. The first-order valence-corrected chi connectivity index (χ1v) is 5.50. The van der Waals surface area contributed by atoms with Gasteiger partial charge in [0.15, 0.2) is 5.78 Å². The van der Waals surface area contributed by atoms with Crippen molar-refractivity contribution in [3.8, 4) is 0 Å². The van der Waals surface area contributed by atoms with Crippen LogP contribution >= 0.6 is 15.9 Å². The summed E-state index contributed by atoms with van der Waals surface area (Å²) < 4.78 is 23.5. The van der Waals surface area contributed by atoms with Crippen molar-refractivity contribution in [2.75, 3.05) is 26.9 Å². The van der Waals surface area contributed by atoms with Gasteiger partial charge in [-0.2, -0.15) is 0 Å². The number of halogens is 2. The number of methoxy groups -OCH3 is 1. The Morgan fingerprint density at radius 3 is 2.88 bits per heavy atom. The number of ether oxygens (including phenoxy) is 2. The monoisotopic (exact) mass is 290 g/mol. The molecule has 3 nitrogen and oxygen atoms in total. The van der Waals surface area contributed by atoms with Crippen LogP contribution in [0.25, 0.3) is 0 Å². The molecule has 0 aliphatic heterocycles. The number of carbonyl (C=O) groups excluding carboxylic acids is 1. The highest BCUT2D eigenvalue weighted by Gasteiger charge is 2.13. The molecule has 16 heavy (non-hydrogen) atoms. The number of Topliss-reactive ketones (excluding diaryl/α,β-unsaturated/α-hetero) is 1. The molecule has 88 valence electrons. The third-order valence-corrected chi connectivity index (χ3v) is 2.53. The quantitative estimate of drug-likeness (QED) is 0.596. The first-order chi connectivity index (χ1) is 7.66. The molecule has 0 heterocycles. The van der Waals surface area contributed by atoms with Crippen LogP contribution in [0.2, 0.25) is 0 Å². The molecule has 0 bridgehead atoms. The summed E-state index contributed by atoms with van der Waals surface area (Å²) in [6.45, 7) is 0.586. The van der Waals surface area contributed by atoms with Gasteiger partial charge in [-0.05, 0) is 28.1 Å². The molecule has 0 unspecified atom stereocenters. The van der Waals surface area contributed by atoms with Gasteiger partial charge in [-0.3, -0.25) is 4.79 Å². The molecule has 1 aromatic rings. The van der Waals surface area contributed by atoms with Crippen LogP contribution in [0.4, 0.5) is 4.39 Å². The van der Waals surface area contributed by atoms with Gasteiger partial charge in [-0.25, -0.2) is 4.39 Å². The van der Waals surface area contributed by atoms with Crippen LogP contribution in [-0.4, -0.2) is 32.7 Å². The lowest BCUT2D eigenvalue weighted by Crippen LogP contribution is -2.13. The van der Waals surface area contributed by atoms with Crippen LogP contribution in [0, 0.1) is 5.82 Å². The van der Waals surface area contributed by atoms with E-state index in [4.69, 9.17) is 9.47 Å². The zero-order valence-electron chi connectivity index (χ0n) is 8.83. The fourth-order valence-electron chi connectivity index (χ4n) is 1.10. The Labute approximate surface area is 102 Å². The van der Waals surface area contributed by atoms with E-state index in [1.807, 2.05) is 0 Å². The van der Waals surface area contributed by atoms with Crippen molar-refractivity contribution in [3.05, 3.63) is 34.1 Å². The van der Waals surface area contributed by atoms with Crippen molar-refractivity contribution in [2.45, 2.75) is 0 Å². The Morgan fingerprint density at radius 1 is 1.44 bits per heavy atom. The van der Waals surface area contributed by atoms with Crippen molar-refractivity contribution in [2.24, 2.45) is 0 Å². The van der Waals surface area contributed by atoms with E-state index in [-0.39, 0.29) is 22.4 Å². The molecule has 0 saturated carbocycles. The summed E-state index contributed by atoms with van der Waals surface area (Å²) >= 11 is 3.02. The molecule has 0 radical (unpaired) electrons. The number of benzene rings is 1. The Hall–Kier alpha value is -0.780. The predicted octanol–water partition coefficient (Wildman–Crippen LogP) is 2.43. The molecule has 0 spiro atoms. The highest BCUT2D eigenvalue weighted by Crippen LogP contribution is 2.18. The van der Waals surface area contributed by atoms with Gasteiger partial charge in [-0.15, -0.1) is 0 Å². The van der Waals surface area contributed by atoms with Crippen molar-refractivity contribution in [1.29, 1.82) is 0 Å². The Morgan fingerprint density at radius 2 is 2.19 bits per heavy atom. The Kier molecular flexibility index (Phi) is 5.59. The minimum atomic E-state index is -0.553. The predicted molar refractivity (Wildman–Crippen MR) is 61.1 cm³/mol. The van der Waals surface area contributed by atoms with Crippen molar-refractivity contribution in [3.63, 3.8) is 0 Å². The maximum Gasteiger partial charge on any atom is 0.191 e. The minimum Gasteiger partial charge on any atom is -0.382 e. The van der Waals surface area contributed by atoms with Crippen molar-refractivity contribution < 1.29 is 18.7 Å². The normalized spacial score (nSPS) is 10.4. The lowest BCUT2D eigenvalue weighted by atomic mass is 10.1. The van der Waals surface area contributed by atoms with E-state index in [0.29, 0.717) is 13.2 Å². The van der Waals surface area contributed by atoms with Crippen LogP contribution < -0.4 is 0 Å². The number of carbonyl (C=O) groups is 1. The third-order valence-electron chi connectivity index (χ3n) is 1.92. The summed E-state index contributed by atoms with van der Waals surface area (Å²) in [5.74, 6) is -0.933. The first-order valence-electron chi connectivity index (χ1n) is 4.70. The Bertz CT molecular complexity index is 368. The van der Waals surface area contributed by atoms with E-state index in [2.05, 4.69) is 15.9 Å². The summed E-state index contributed by atoms with van der Waals surface area (Å²) in [5.41, 5.74) is 0.0341. The molecule has 0 amide bonds. The smallest absolute Gasteiger partial charge is 0.191 e. The molecule has 0 saturated heterocycles. The van der Waals surface area contributed by atoms with E-state index in [1.165, 1.54) is 12.1 Å². The molecule has 0 fully saturated rings. The molecule has 1 rings (SSSR count). The fraction of sp³-hybridized carbons (Fsp3) is 0.364. The number of hydrogen-bond donors (Lipinski definition) is 0. The molecular formula is C11H12BrFO3. The van der Waals surface area contributed by atoms with Gasteiger partial charge < -0.3 is 9.47 Å². The van der Waals surface area contributed by atoms with E-state index >= 15 is 0 Å². The second-order valence-electron chi connectivity index (χ2n) is 3.07. The lowest BCUT2D eigenvalue weighted by molar-refractivity contribution is 0.0574. The topological polar surface area (TPSA) is 35.5 Å². The minimum absolute atomic E-state index is 0.0341. The highest BCUT2D eigenvalue weighted by molar-refractivity contribution is 9.10.